The molecule has 20 heavy (non-hydrogen) atoms. The molecule has 1 aliphatic rings. The van der Waals surface area contributed by atoms with E-state index in [4.69, 9.17) is 4.74 Å². The summed E-state index contributed by atoms with van der Waals surface area (Å²) < 4.78 is 7.38. The maximum Gasteiger partial charge on any atom is 0.0690 e. The molecule has 0 spiro atoms. The van der Waals surface area contributed by atoms with Gasteiger partial charge in [0.2, 0.25) is 0 Å². The summed E-state index contributed by atoms with van der Waals surface area (Å²) in [4.78, 5) is 0. The summed E-state index contributed by atoms with van der Waals surface area (Å²) in [5.74, 6) is 0.631. The van der Waals surface area contributed by atoms with Crippen LogP contribution in [-0.4, -0.2) is 29.0 Å². The molecule has 4 nitrogen and oxygen atoms in total. The summed E-state index contributed by atoms with van der Waals surface area (Å²) in [5, 5.41) is 7.94. The van der Waals surface area contributed by atoms with E-state index < -0.39 is 0 Å². The number of hydrogen-bond acceptors (Lipinski definition) is 3. The summed E-state index contributed by atoms with van der Waals surface area (Å²) >= 11 is 0. The number of nitrogens with zero attached hydrogens (tertiary/aromatic N) is 2. The second-order valence-electron chi connectivity index (χ2n) is 5.37. The van der Waals surface area contributed by atoms with E-state index in [1.807, 2.05) is 23.1 Å². The topological polar surface area (TPSA) is 39.1 Å². The average Bonchev–Trinajstić information content (AvgIpc) is 3.17. The van der Waals surface area contributed by atoms with E-state index in [2.05, 4.69) is 41.6 Å². The zero-order valence-electron chi connectivity index (χ0n) is 11.8. The van der Waals surface area contributed by atoms with Crippen molar-refractivity contribution in [2.45, 2.75) is 25.9 Å². The van der Waals surface area contributed by atoms with Crippen LogP contribution in [0.5, 0.6) is 0 Å². The Bertz CT molecular complexity index is 532. The Morgan fingerprint density at radius 2 is 2.30 bits per heavy atom. The standard InChI is InChI=1S/C16H21N3O/c1-13(15-7-10-20-12-15)17-11-14-5-2-3-6-16(14)19-9-4-8-18-19/h2-6,8-9,13,15,17H,7,10-12H2,1H3. The first-order valence-corrected chi connectivity index (χ1v) is 7.23. The highest BCUT2D eigenvalue weighted by Gasteiger charge is 2.21. The molecule has 0 aliphatic carbocycles. The highest BCUT2D eigenvalue weighted by Crippen LogP contribution is 2.18. The summed E-state index contributed by atoms with van der Waals surface area (Å²) in [7, 11) is 0. The van der Waals surface area contributed by atoms with Crippen LogP contribution in [0, 0.1) is 5.92 Å². The Morgan fingerprint density at radius 1 is 1.40 bits per heavy atom. The molecule has 2 unspecified atom stereocenters. The SMILES string of the molecule is CC(NCc1ccccc1-n1cccn1)C1CCOC1. The predicted octanol–water partition coefficient (Wildman–Crippen LogP) is 2.39. The predicted molar refractivity (Wildman–Crippen MR) is 78.8 cm³/mol. The molecule has 3 rings (SSSR count). The van der Waals surface area contributed by atoms with Crippen molar-refractivity contribution < 1.29 is 4.74 Å². The molecule has 1 saturated heterocycles. The highest BCUT2D eigenvalue weighted by atomic mass is 16.5. The van der Waals surface area contributed by atoms with Crippen molar-refractivity contribution in [3.05, 3.63) is 48.3 Å². The van der Waals surface area contributed by atoms with Crippen molar-refractivity contribution >= 4 is 0 Å². The van der Waals surface area contributed by atoms with Crippen molar-refractivity contribution in [1.29, 1.82) is 0 Å². The fraction of sp³-hybridized carbons (Fsp3) is 0.438. The first-order chi connectivity index (χ1) is 9.84. The van der Waals surface area contributed by atoms with Gasteiger partial charge in [0, 0.05) is 31.6 Å². The molecule has 0 radical (unpaired) electrons. The van der Waals surface area contributed by atoms with Crippen LogP contribution < -0.4 is 5.32 Å². The number of benzene rings is 1. The molecule has 2 atom stereocenters. The number of para-hydroxylation sites is 1. The molecule has 1 N–H and O–H groups in total. The van der Waals surface area contributed by atoms with E-state index in [1.165, 1.54) is 5.56 Å². The molecule has 1 fully saturated rings. The van der Waals surface area contributed by atoms with Gasteiger partial charge in [0.05, 0.1) is 12.3 Å². The quantitative estimate of drug-likeness (QED) is 0.907. The Balaban J connectivity index is 1.68. The zero-order chi connectivity index (χ0) is 13.8. The van der Waals surface area contributed by atoms with Crippen LogP contribution in [0.2, 0.25) is 0 Å². The van der Waals surface area contributed by atoms with Gasteiger partial charge in [-0.2, -0.15) is 5.10 Å². The number of nitrogens with one attached hydrogen (secondary N) is 1. The van der Waals surface area contributed by atoms with Gasteiger partial charge < -0.3 is 10.1 Å². The van der Waals surface area contributed by atoms with Crippen molar-refractivity contribution in [3.8, 4) is 5.69 Å². The van der Waals surface area contributed by atoms with Gasteiger partial charge in [-0.25, -0.2) is 4.68 Å². The minimum atomic E-state index is 0.475. The second kappa shape index (κ2) is 6.20. The third-order valence-electron chi connectivity index (χ3n) is 4.03. The monoisotopic (exact) mass is 271 g/mol. The van der Waals surface area contributed by atoms with Crippen molar-refractivity contribution in [1.82, 2.24) is 15.1 Å². The lowest BCUT2D eigenvalue weighted by atomic mass is 10.0. The van der Waals surface area contributed by atoms with E-state index in [1.54, 1.807) is 0 Å². The molecule has 2 heterocycles. The van der Waals surface area contributed by atoms with E-state index in [0.717, 1.165) is 31.9 Å². The maximum absolute atomic E-state index is 5.46. The van der Waals surface area contributed by atoms with Crippen LogP contribution in [0.1, 0.15) is 18.9 Å². The van der Waals surface area contributed by atoms with Gasteiger partial charge in [0.25, 0.3) is 0 Å². The van der Waals surface area contributed by atoms with Crippen LogP contribution in [0.3, 0.4) is 0 Å². The molecule has 1 aliphatic heterocycles. The lowest BCUT2D eigenvalue weighted by Gasteiger charge is -2.20. The molecule has 1 aromatic heterocycles. The maximum atomic E-state index is 5.46. The van der Waals surface area contributed by atoms with E-state index in [-0.39, 0.29) is 0 Å². The van der Waals surface area contributed by atoms with Crippen LogP contribution in [0.15, 0.2) is 42.7 Å². The van der Waals surface area contributed by atoms with Gasteiger partial charge in [0.15, 0.2) is 0 Å². The molecule has 0 saturated carbocycles. The van der Waals surface area contributed by atoms with Crippen LogP contribution in [0.4, 0.5) is 0 Å². The van der Waals surface area contributed by atoms with Gasteiger partial charge >= 0.3 is 0 Å². The molecule has 0 amide bonds. The first kappa shape index (κ1) is 13.3. The minimum absolute atomic E-state index is 0.475. The van der Waals surface area contributed by atoms with Gasteiger partial charge in [0.1, 0.15) is 0 Å². The van der Waals surface area contributed by atoms with Gasteiger partial charge in [-0.3, -0.25) is 0 Å². The van der Waals surface area contributed by atoms with Crippen LogP contribution in [-0.2, 0) is 11.3 Å². The smallest absolute Gasteiger partial charge is 0.0690 e. The van der Waals surface area contributed by atoms with Gasteiger partial charge in [-0.05, 0) is 37.0 Å². The summed E-state index contributed by atoms with van der Waals surface area (Å²) in [6.07, 6.45) is 4.95. The van der Waals surface area contributed by atoms with Crippen molar-refractivity contribution in [2.75, 3.05) is 13.2 Å². The highest BCUT2D eigenvalue weighted by molar-refractivity contribution is 5.40. The number of rotatable bonds is 5. The number of hydrogen-bond donors (Lipinski definition) is 1. The third-order valence-corrected chi connectivity index (χ3v) is 4.03. The average molecular weight is 271 g/mol. The number of ether oxygens (including phenoxy) is 1. The Hall–Kier alpha value is -1.65. The Labute approximate surface area is 119 Å². The summed E-state index contributed by atoms with van der Waals surface area (Å²) in [6.45, 7) is 4.89. The first-order valence-electron chi connectivity index (χ1n) is 7.23. The largest absolute Gasteiger partial charge is 0.381 e. The van der Waals surface area contributed by atoms with Gasteiger partial charge in [-0.1, -0.05) is 18.2 Å². The molecule has 4 heteroatoms. The molecule has 106 valence electrons. The summed E-state index contributed by atoms with van der Waals surface area (Å²) in [5.41, 5.74) is 2.40. The zero-order valence-corrected chi connectivity index (χ0v) is 11.8. The lowest BCUT2D eigenvalue weighted by molar-refractivity contribution is 0.178. The normalized spacial score (nSPS) is 20.1. The lowest BCUT2D eigenvalue weighted by Crippen LogP contribution is -2.33. The van der Waals surface area contributed by atoms with Crippen molar-refractivity contribution in [3.63, 3.8) is 0 Å². The van der Waals surface area contributed by atoms with E-state index >= 15 is 0 Å². The van der Waals surface area contributed by atoms with E-state index in [9.17, 15) is 0 Å². The molecule has 2 aromatic rings. The minimum Gasteiger partial charge on any atom is -0.381 e. The van der Waals surface area contributed by atoms with Crippen LogP contribution >= 0.6 is 0 Å². The molecular formula is C16H21N3O. The second-order valence-corrected chi connectivity index (χ2v) is 5.37. The summed E-state index contributed by atoms with van der Waals surface area (Å²) in [6, 6.07) is 10.8. The fourth-order valence-corrected chi connectivity index (χ4v) is 2.68. The Kier molecular flexibility index (Phi) is 4.14. The van der Waals surface area contributed by atoms with Gasteiger partial charge in [-0.15, -0.1) is 0 Å². The van der Waals surface area contributed by atoms with Crippen molar-refractivity contribution in [2.24, 2.45) is 5.92 Å². The molecule has 0 bridgehead atoms. The number of aromatic nitrogens is 2. The fourth-order valence-electron chi connectivity index (χ4n) is 2.68. The van der Waals surface area contributed by atoms with E-state index in [0.29, 0.717) is 12.0 Å². The van der Waals surface area contributed by atoms with Crippen LogP contribution in [0.25, 0.3) is 5.69 Å². The Morgan fingerprint density at radius 3 is 3.05 bits per heavy atom. The molecule has 1 aromatic carbocycles. The third kappa shape index (κ3) is 2.92. The molecular weight excluding hydrogens is 250 g/mol.